The van der Waals surface area contributed by atoms with E-state index < -0.39 is 0 Å². The van der Waals surface area contributed by atoms with Gasteiger partial charge in [-0.25, -0.2) is 4.68 Å². The summed E-state index contributed by atoms with van der Waals surface area (Å²) in [6, 6.07) is 9.33. The molecule has 0 saturated carbocycles. The van der Waals surface area contributed by atoms with Gasteiger partial charge >= 0.3 is 0 Å². The van der Waals surface area contributed by atoms with Gasteiger partial charge in [0.1, 0.15) is 12.4 Å². The van der Waals surface area contributed by atoms with Crippen LogP contribution < -0.4 is 14.8 Å². The number of methoxy groups -OCH3 is 2. The Labute approximate surface area is 173 Å². The Morgan fingerprint density at radius 2 is 1.97 bits per heavy atom. The van der Waals surface area contributed by atoms with Crippen LogP contribution in [0.2, 0.25) is 0 Å². The standard InChI is InChI=1S/C22H21N5O3/c1-29-18-6-5-13(10-19(18)30-2)15-8-16-20(17(28)9-15)21(14-4-3-7-23-11-14)27-22(26-16)24-12-25-27/h3-7,10-12,15,21H,8-9H2,1-2H3,(H,24,25,26). The molecule has 2 aromatic heterocycles. The molecule has 0 saturated heterocycles. The van der Waals surface area contributed by atoms with E-state index in [0.29, 0.717) is 30.3 Å². The molecule has 0 bridgehead atoms. The molecule has 3 aromatic rings. The summed E-state index contributed by atoms with van der Waals surface area (Å²) >= 11 is 0. The van der Waals surface area contributed by atoms with Gasteiger partial charge in [0.15, 0.2) is 17.3 Å². The third kappa shape index (κ3) is 2.92. The first-order valence-electron chi connectivity index (χ1n) is 9.74. The molecule has 0 amide bonds. The maximum atomic E-state index is 13.4. The van der Waals surface area contributed by atoms with Crippen molar-refractivity contribution in [2.24, 2.45) is 0 Å². The number of hydrogen-bond donors (Lipinski definition) is 1. The van der Waals surface area contributed by atoms with Crippen molar-refractivity contribution in [1.29, 1.82) is 0 Å². The monoisotopic (exact) mass is 403 g/mol. The highest BCUT2D eigenvalue weighted by Gasteiger charge is 2.39. The van der Waals surface area contributed by atoms with E-state index in [1.54, 1.807) is 31.3 Å². The van der Waals surface area contributed by atoms with Gasteiger partial charge in [0.05, 0.1) is 14.2 Å². The summed E-state index contributed by atoms with van der Waals surface area (Å²) in [7, 11) is 3.22. The lowest BCUT2D eigenvalue weighted by atomic mass is 9.78. The number of ketones is 1. The molecule has 1 aliphatic heterocycles. The number of pyridine rings is 1. The number of aromatic nitrogens is 4. The quantitative estimate of drug-likeness (QED) is 0.716. The average Bonchev–Trinajstić information content (AvgIpc) is 3.25. The molecule has 8 nitrogen and oxygen atoms in total. The van der Waals surface area contributed by atoms with Gasteiger partial charge in [-0.05, 0) is 41.7 Å². The number of carbonyl (C=O) groups excluding carboxylic acids is 1. The van der Waals surface area contributed by atoms with Crippen LogP contribution in [0.15, 0.2) is 60.3 Å². The van der Waals surface area contributed by atoms with Crippen LogP contribution in [-0.2, 0) is 4.79 Å². The lowest BCUT2D eigenvalue weighted by Crippen LogP contribution is -2.33. The van der Waals surface area contributed by atoms with Crippen molar-refractivity contribution in [2.45, 2.75) is 24.8 Å². The Balaban J connectivity index is 1.55. The van der Waals surface area contributed by atoms with Gasteiger partial charge in [-0.1, -0.05) is 12.1 Å². The molecular formula is C22H21N5O3. The van der Waals surface area contributed by atoms with Gasteiger partial charge in [-0.2, -0.15) is 10.1 Å². The molecule has 0 spiro atoms. The van der Waals surface area contributed by atoms with Crippen LogP contribution in [0.25, 0.3) is 0 Å². The molecule has 1 aliphatic carbocycles. The van der Waals surface area contributed by atoms with Crippen LogP contribution >= 0.6 is 0 Å². The number of benzene rings is 1. The normalized spacial score (nSPS) is 20.3. The highest BCUT2D eigenvalue weighted by molar-refractivity contribution is 6.00. The Morgan fingerprint density at radius 3 is 2.73 bits per heavy atom. The zero-order valence-electron chi connectivity index (χ0n) is 16.7. The molecule has 2 atom stereocenters. The molecule has 0 fully saturated rings. The molecular weight excluding hydrogens is 382 g/mol. The molecule has 0 radical (unpaired) electrons. The summed E-state index contributed by atoms with van der Waals surface area (Å²) < 4.78 is 12.5. The van der Waals surface area contributed by atoms with E-state index in [-0.39, 0.29) is 17.7 Å². The van der Waals surface area contributed by atoms with Crippen LogP contribution in [0, 0.1) is 0 Å². The van der Waals surface area contributed by atoms with Gasteiger partial charge in [0, 0.05) is 30.1 Å². The minimum absolute atomic E-state index is 0.0348. The lowest BCUT2D eigenvalue weighted by molar-refractivity contribution is -0.116. The number of hydrogen-bond acceptors (Lipinski definition) is 7. The molecule has 8 heteroatoms. The summed E-state index contributed by atoms with van der Waals surface area (Å²) in [4.78, 5) is 21.9. The summed E-state index contributed by atoms with van der Waals surface area (Å²) in [6.45, 7) is 0. The summed E-state index contributed by atoms with van der Waals surface area (Å²) in [5.74, 6) is 2.09. The van der Waals surface area contributed by atoms with E-state index in [1.807, 2.05) is 30.3 Å². The number of allylic oxidation sites excluding steroid dienone is 2. The minimum atomic E-state index is -0.327. The first-order valence-corrected chi connectivity index (χ1v) is 9.74. The minimum Gasteiger partial charge on any atom is -0.493 e. The molecule has 2 unspecified atom stereocenters. The zero-order chi connectivity index (χ0) is 20.7. The van der Waals surface area contributed by atoms with Gasteiger partial charge in [0.2, 0.25) is 5.95 Å². The summed E-state index contributed by atoms with van der Waals surface area (Å²) in [6.07, 6.45) is 6.11. The van der Waals surface area contributed by atoms with E-state index in [0.717, 1.165) is 22.4 Å². The maximum Gasteiger partial charge on any atom is 0.226 e. The fraction of sp³-hybridized carbons (Fsp3) is 0.273. The van der Waals surface area contributed by atoms with Crippen molar-refractivity contribution in [2.75, 3.05) is 19.5 Å². The second-order valence-electron chi connectivity index (χ2n) is 7.38. The molecule has 3 heterocycles. The number of anilines is 1. The van der Waals surface area contributed by atoms with E-state index in [9.17, 15) is 4.79 Å². The van der Waals surface area contributed by atoms with Crippen LogP contribution in [0.3, 0.4) is 0 Å². The third-order valence-corrected chi connectivity index (χ3v) is 5.74. The number of nitrogens with zero attached hydrogens (tertiary/aromatic N) is 4. The largest absolute Gasteiger partial charge is 0.493 e. The van der Waals surface area contributed by atoms with Crippen molar-refractivity contribution in [3.63, 3.8) is 0 Å². The Hall–Kier alpha value is -3.68. The zero-order valence-corrected chi connectivity index (χ0v) is 16.7. The van der Waals surface area contributed by atoms with Crippen molar-refractivity contribution >= 4 is 11.7 Å². The predicted octanol–water partition coefficient (Wildman–Crippen LogP) is 3.11. The first-order chi connectivity index (χ1) is 14.7. The van der Waals surface area contributed by atoms with Gasteiger partial charge < -0.3 is 14.8 Å². The number of rotatable bonds is 4. The van der Waals surface area contributed by atoms with Crippen molar-refractivity contribution < 1.29 is 14.3 Å². The Kier molecular flexibility index (Phi) is 4.46. The average molecular weight is 403 g/mol. The third-order valence-electron chi connectivity index (χ3n) is 5.74. The van der Waals surface area contributed by atoms with E-state index in [4.69, 9.17) is 9.47 Å². The van der Waals surface area contributed by atoms with Crippen LogP contribution in [-0.4, -0.2) is 39.8 Å². The smallest absolute Gasteiger partial charge is 0.226 e. The highest BCUT2D eigenvalue weighted by atomic mass is 16.5. The Bertz CT molecular complexity index is 1140. The van der Waals surface area contributed by atoms with Crippen LogP contribution in [0.1, 0.15) is 35.9 Å². The Morgan fingerprint density at radius 1 is 1.10 bits per heavy atom. The second kappa shape index (κ2) is 7.29. The lowest BCUT2D eigenvalue weighted by Gasteiger charge is -2.35. The van der Waals surface area contributed by atoms with E-state index >= 15 is 0 Å². The molecule has 30 heavy (non-hydrogen) atoms. The first kappa shape index (κ1) is 18.4. The predicted molar refractivity (Wildman–Crippen MR) is 110 cm³/mol. The van der Waals surface area contributed by atoms with Gasteiger partial charge in [-0.15, -0.1) is 0 Å². The number of nitrogens with one attached hydrogen (secondary N) is 1. The van der Waals surface area contributed by atoms with Crippen molar-refractivity contribution in [3.8, 4) is 11.5 Å². The molecule has 1 aromatic carbocycles. The van der Waals surface area contributed by atoms with Gasteiger partial charge in [0.25, 0.3) is 0 Å². The van der Waals surface area contributed by atoms with E-state index in [2.05, 4.69) is 20.4 Å². The van der Waals surface area contributed by atoms with Crippen molar-refractivity contribution in [1.82, 2.24) is 19.7 Å². The molecule has 2 aliphatic rings. The molecule has 152 valence electrons. The molecule has 1 N–H and O–H groups in total. The summed E-state index contributed by atoms with van der Waals surface area (Å²) in [5, 5.41) is 7.69. The number of carbonyl (C=O) groups is 1. The van der Waals surface area contributed by atoms with Crippen molar-refractivity contribution in [3.05, 3.63) is 71.4 Å². The summed E-state index contributed by atoms with van der Waals surface area (Å²) in [5.41, 5.74) is 3.58. The fourth-order valence-electron chi connectivity index (χ4n) is 4.34. The van der Waals surface area contributed by atoms with Crippen LogP contribution in [0.5, 0.6) is 11.5 Å². The van der Waals surface area contributed by atoms with Crippen LogP contribution in [0.4, 0.5) is 5.95 Å². The van der Waals surface area contributed by atoms with E-state index in [1.165, 1.54) is 6.33 Å². The fourth-order valence-corrected chi connectivity index (χ4v) is 4.34. The number of fused-ring (bicyclic) bond motifs is 1. The topological polar surface area (TPSA) is 91.2 Å². The highest BCUT2D eigenvalue weighted by Crippen LogP contribution is 2.44. The van der Waals surface area contributed by atoms with Gasteiger partial charge in [-0.3, -0.25) is 9.78 Å². The SMILES string of the molecule is COc1ccc(C2CC(=O)C3=C(C2)Nc2ncnn2C3c2cccnc2)cc1OC. The second-order valence-corrected chi connectivity index (χ2v) is 7.38. The maximum absolute atomic E-state index is 13.4. The number of Topliss-reactive ketones (excluding diaryl/α,β-unsaturated/α-hetero) is 1. The molecule has 5 rings (SSSR count). The number of ether oxygens (including phenoxy) is 2.